The fraction of sp³-hybridized carbons (Fsp3) is 0.391. The van der Waals surface area contributed by atoms with E-state index in [1.165, 1.54) is 23.1 Å². The summed E-state index contributed by atoms with van der Waals surface area (Å²) in [5.41, 5.74) is 0.687. The highest BCUT2D eigenvalue weighted by Gasteiger charge is 2.31. The smallest absolute Gasteiger partial charge is 0.244 e. The summed E-state index contributed by atoms with van der Waals surface area (Å²) in [7, 11) is -3.92. The second-order valence-electron chi connectivity index (χ2n) is 8.27. The number of anilines is 1. The van der Waals surface area contributed by atoms with E-state index in [0.29, 0.717) is 17.1 Å². The molecule has 0 spiro atoms. The summed E-state index contributed by atoms with van der Waals surface area (Å²) < 4.78 is 26.1. The first-order chi connectivity index (χ1) is 15.8. The van der Waals surface area contributed by atoms with Crippen LogP contribution in [-0.2, 0) is 26.2 Å². The molecule has 2 amide bonds. The molecule has 186 valence electrons. The minimum atomic E-state index is -3.92. The quantitative estimate of drug-likeness (QED) is 0.470. The van der Waals surface area contributed by atoms with Crippen molar-refractivity contribution in [2.45, 2.75) is 33.4 Å². The Morgan fingerprint density at radius 2 is 1.59 bits per heavy atom. The zero-order chi connectivity index (χ0) is 25.6. The number of benzene rings is 2. The van der Waals surface area contributed by atoms with Gasteiger partial charge in [0.05, 0.1) is 22.0 Å². The number of sulfonamides is 1. The molecule has 1 atom stereocenters. The predicted octanol–water partition coefficient (Wildman–Crippen LogP) is 4.60. The van der Waals surface area contributed by atoms with E-state index in [1.54, 1.807) is 31.2 Å². The molecule has 0 heterocycles. The molecule has 2 rings (SSSR count). The van der Waals surface area contributed by atoms with Gasteiger partial charge in [-0.2, -0.15) is 0 Å². The maximum atomic E-state index is 13.5. The number of carbonyl (C=O) groups excluding carboxylic acids is 2. The fourth-order valence-electron chi connectivity index (χ4n) is 3.12. The maximum absolute atomic E-state index is 13.5. The molecule has 34 heavy (non-hydrogen) atoms. The second kappa shape index (κ2) is 12.1. The molecule has 0 saturated carbocycles. The Labute approximate surface area is 216 Å². The fourth-order valence-corrected chi connectivity index (χ4v) is 4.62. The Balaban J connectivity index is 2.43. The number of nitrogens with zero attached hydrogens (tertiary/aromatic N) is 2. The summed E-state index contributed by atoms with van der Waals surface area (Å²) >= 11 is 18.6. The van der Waals surface area contributed by atoms with Crippen molar-refractivity contribution in [2.75, 3.05) is 23.7 Å². The Morgan fingerprint density at radius 1 is 0.971 bits per heavy atom. The molecule has 0 aliphatic rings. The first-order valence-corrected chi connectivity index (χ1v) is 13.5. The lowest BCUT2D eigenvalue weighted by atomic mass is 10.1. The highest BCUT2D eigenvalue weighted by molar-refractivity contribution is 7.92. The number of carbonyl (C=O) groups is 2. The molecule has 2 aromatic rings. The molecule has 0 unspecified atom stereocenters. The molecule has 0 saturated heterocycles. The maximum Gasteiger partial charge on any atom is 0.244 e. The van der Waals surface area contributed by atoms with Crippen molar-refractivity contribution in [2.24, 2.45) is 5.92 Å². The lowest BCUT2D eigenvalue weighted by molar-refractivity contribution is -0.139. The number of halogens is 3. The van der Waals surface area contributed by atoms with Crippen molar-refractivity contribution in [3.63, 3.8) is 0 Å². The summed E-state index contributed by atoms with van der Waals surface area (Å²) in [5, 5.41) is 3.39. The normalized spacial score (nSPS) is 12.4. The van der Waals surface area contributed by atoms with Gasteiger partial charge in [-0.3, -0.25) is 13.9 Å². The van der Waals surface area contributed by atoms with Crippen LogP contribution in [0.1, 0.15) is 26.3 Å². The van der Waals surface area contributed by atoms with Gasteiger partial charge in [-0.1, -0.05) is 72.9 Å². The number of hydrogen-bond donors (Lipinski definition) is 1. The molecule has 2 aromatic carbocycles. The van der Waals surface area contributed by atoms with Gasteiger partial charge in [-0.15, -0.1) is 0 Å². The monoisotopic (exact) mass is 547 g/mol. The van der Waals surface area contributed by atoms with E-state index in [2.05, 4.69) is 5.32 Å². The van der Waals surface area contributed by atoms with Gasteiger partial charge in [0.2, 0.25) is 21.8 Å². The average Bonchev–Trinajstić information content (AvgIpc) is 2.76. The van der Waals surface area contributed by atoms with E-state index in [9.17, 15) is 18.0 Å². The van der Waals surface area contributed by atoms with Crippen LogP contribution >= 0.6 is 34.8 Å². The van der Waals surface area contributed by atoms with Crippen LogP contribution in [0.15, 0.2) is 42.5 Å². The van der Waals surface area contributed by atoms with Crippen LogP contribution in [0.2, 0.25) is 15.1 Å². The van der Waals surface area contributed by atoms with Gasteiger partial charge in [-0.25, -0.2) is 8.42 Å². The van der Waals surface area contributed by atoms with Gasteiger partial charge in [0, 0.05) is 18.1 Å². The van der Waals surface area contributed by atoms with Crippen LogP contribution < -0.4 is 9.62 Å². The molecule has 0 radical (unpaired) electrons. The molecule has 7 nitrogen and oxygen atoms in total. The van der Waals surface area contributed by atoms with E-state index in [4.69, 9.17) is 34.8 Å². The average molecular weight is 549 g/mol. The molecule has 11 heteroatoms. The standard InChI is InChI=1S/C23H28Cl3N3O4S/c1-15(2)12-27-23(31)16(3)28(13-17-8-5-6-9-18(17)24)21(30)14-29(34(4,32)33)20-11-7-10-19(25)22(20)26/h5-11,15-16H,12-14H2,1-4H3,(H,27,31)/t16-/m0/s1. The summed E-state index contributed by atoms with van der Waals surface area (Å²) in [5.74, 6) is -0.746. The molecule has 0 aromatic heterocycles. The largest absolute Gasteiger partial charge is 0.354 e. The molecule has 0 aliphatic heterocycles. The van der Waals surface area contributed by atoms with Crippen LogP contribution in [0.4, 0.5) is 5.69 Å². The topological polar surface area (TPSA) is 86.8 Å². The van der Waals surface area contributed by atoms with Gasteiger partial charge in [0.1, 0.15) is 12.6 Å². The molecule has 0 aliphatic carbocycles. The van der Waals surface area contributed by atoms with Gasteiger partial charge < -0.3 is 10.2 Å². The number of hydrogen-bond acceptors (Lipinski definition) is 4. The third kappa shape index (κ3) is 7.50. The summed E-state index contributed by atoms with van der Waals surface area (Å²) in [6.07, 6.45) is 0.967. The third-order valence-electron chi connectivity index (χ3n) is 5.03. The number of amides is 2. The summed E-state index contributed by atoms with van der Waals surface area (Å²) in [4.78, 5) is 27.6. The van der Waals surface area contributed by atoms with Crippen LogP contribution in [0, 0.1) is 5.92 Å². The molecule has 1 N–H and O–H groups in total. The van der Waals surface area contributed by atoms with Gasteiger partial charge in [0.15, 0.2) is 0 Å². The summed E-state index contributed by atoms with van der Waals surface area (Å²) in [6, 6.07) is 10.6. The van der Waals surface area contributed by atoms with Gasteiger partial charge in [-0.05, 0) is 36.6 Å². The van der Waals surface area contributed by atoms with Crippen LogP contribution in [-0.4, -0.2) is 50.5 Å². The van der Waals surface area contributed by atoms with Crippen LogP contribution in [0.3, 0.4) is 0 Å². The van der Waals surface area contributed by atoms with E-state index in [1.807, 2.05) is 13.8 Å². The van der Waals surface area contributed by atoms with Crippen LogP contribution in [0.5, 0.6) is 0 Å². The third-order valence-corrected chi connectivity index (χ3v) is 7.33. The van der Waals surface area contributed by atoms with Gasteiger partial charge >= 0.3 is 0 Å². The van der Waals surface area contributed by atoms with E-state index < -0.39 is 28.5 Å². The zero-order valence-corrected chi connectivity index (χ0v) is 22.5. The van der Waals surface area contributed by atoms with E-state index >= 15 is 0 Å². The SMILES string of the molecule is CC(C)CNC(=O)[C@H](C)N(Cc1ccccc1Cl)C(=O)CN(c1cccc(Cl)c1Cl)S(C)(=O)=O. The summed E-state index contributed by atoms with van der Waals surface area (Å²) in [6.45, 7) is 5.36. The minimum Gasteiger partial charge on any atom is -0.354 e. The second-order valence-corrected chi connectivity index (χ2v) is 11.4. The lowest BCUT2D eigenvalue weighted by Gasteiger charge is -2.32. The lowest BCUT2D eigenvalue weighted by Crippen LogP contribution is -2.51. The van der Waals surface area contributed by atoms with Crippen molar-refractivity contribution in [3.05, 3.63) is 63.1 Å². The van der Waals surface area contributed by atoms with Gasteiger partial charge in [0.25, 0.3) is 0 Å². The Hall–Kier alpha value is -2.00. The Morgan fingerprint density at radius 3 is 2.18 bits per heavy atom. The Kier molecular flexibility index (Phi) is 10.1. The van der Waals surface area contributed by atoms with E-state index in [0.717, 1.165) is 10.6 Å². The molecular weight excluding hydrogens is 521 g/mol. The van der Waals surface area contributed by atoms with Crippen molar-refractivity contribution in [1.82, 2.24) is 10.2 Å². The molecule has 0 fully saturated rings. The van der Waals surface area contributed by atoms with Crippen molar-refractivity contribution < 1.29 is 18.0 Å². The van der Waals surface area contributed by atoms with Crippen molar-refractivity contribution in [1.29, 1.82) is 0 Å². The number of rotatable bonds is 10. The van der Waals surface area contributed by atoms with Crippen molar-refractivity contribution in [3.8, 4) is 0 Å². The first kappa shape index (κ1) is 28.2. The highest BCUT2D eigenvalue weighted by Crippen LogP contribution is 2.33. The molecular formula is C23H28Cl3N3O4S. The first-order valence-electron chi connectivity index (χ1n) is 10.5. The number of nitrogens with one attached hydrogen (secondary N) is 1. The molecule has 0 bridgehead atoms. The van der Waals surface area contributed by atoms with Crippen LogP contribution in [0.25, 0.3) is 0 Å². The highest BCUT2D eigenvalue weighted by atomic mass is 35.5. The predicted molar refractivity (Wildman–Crippen MR) is 138 cm³/mol. The zero-order valence-electron chi connectivity index (χ0n) is 19.4. The Bertz CT molecular complexity index is 1140. The van der Waals surface area contributed by atoms with Crippen molar-refractivity contribution >= 4 is 62.3 Å². The van der Waals surface area contributed by atoms with E-state index in [-0.39, 0.29) is 34.1 Å². The minimum absolute atomic E-state index is 0.00257.